The molecule has 0 aliphatic carbocycles. The molecule has 2 nitrogen and oxygen atoms in total. The topological polar surface area (TPSA) is 30.0 Å². The first-order chi connectivity index (χ1) is 7.79. The van der Waals surface area contributed by atoms with Crippen LogP contribution in [-0.4, -0.2) is 10.8 Å². The number of nitrogens with zero attached hydrogens (tertiary/aromatic N) is 1. The van der Waals surface area contributed by atoms with Gasteiger partial charge in [-0.1, -0.05) is 30.3 Å². The summed E-state index contributed by atoms with van der Waals surface area (Å²) in [5.74, 6) is -0.124. The molecule has 0 fully saturated rings. The van der Waals surface area contributed by atoms with Gasteiger partial charge in [-0.3, -0.25) is 9.78 Å². The summed E-state index contributed by atoms with van der Waals surface area (Å²) in [5, 5.41) is -0.648. The minimum absolute atomic E-state index is 0.124. The number of hydrogen-bond donors (Lipinski definition) is 0. The molecule has 0 bridgehead atoms. The molecule has 1 heterocycles. The Kier molecular flexibility index (Phi) is 3.32. The molecule has 0 amide bonds. The second-order valence-electron chi connectivity index (χ2n) is 3.38. The highest BCUT2D eigenvalue weighted by molar-refractivity contribution is 6.33. The van der Waals surface area contributed by atoms with Crippen LogP contribution in [0, 0.1) is 0 Å². The third-order valence-corrected chi connectivity index (χ3v) is 2.72. The SMILES string of the molecule is O=C(c1cccnc1)C(Cl)c1ccccc1. The van der Waals surface area contributed by atoms with Crippen LogP contribution in [0.4, 0.5) is 0 Å². The van der Waals surface area contributed by atoms with Crippen molar-refractivity contribution in [1.29, 1.82) is 0 Å². The van der Waals surface area contributed by atoms with Crippen molar-refractivity contribution in [3.05, 3.63) is 66.0 Å². The Balaban J connectivity index is 2.24. The van der Waals surface area contributed by atoms with Crippen LogP contribution in [0.5, 0.6) is 0 Å². The Morgan fingerprint density at radius 3 is 2.50 bits per heavy atom. The highest BCUT2D eigenvalue weighted by Crippen LogP contribution is 2.24. The maximum absolute atomic E-state index is 12.0. The van der Waals surface area contributed by atoms with Crippen LogP contribution < -0.4 is 0 Å². The molecule has 3 heteroatoms. The van der Waals surface area contributed by atoms with Gasteiger partial charge in [-0.15, -0.1) is 11.6 Å². The van der Waals surface area contributed by atoms with Gasteiger partial charge in [0.05, 0.1) is 0 Å². The van der Waals surface area contributed by atoms with E-state index in [1.165, 1.54) is 6.20 Å². The second-order valence-corrected chi connectivity index (χ2v) is 3.82. The van der Waals surface area contributed by atoms with Crippen LogP contribution in [0.2, 0.25) is 0 Å². The maximum Gasteiger partial charge on any atom is 0.186 e. The Bertz CT molecular complexity index is 470. The lowest BCUT2D eigenvalue weighted by Gasteiger charge is -2.08. The molecule has 80 valence electrons. The van der Waals surface area contributed by atoms with Crippen molar-refractivity contribution in [3.8, 4) is 0 Å². The van der Waals surface area contributed by atoms with Gasteiger partial charge in [-0.25, -0.2) is 0 Å². The number of ketones is 1. The van der Waals surface area contributed by atoms with Gasteiger partial charge < -0.3 is 0 Å². The number of halogens is 1. The quantitative estimate of drug-likeness (QED) is 0.600. The molecule has 1 aromatic carbocycles. The summed E-state index contributed by atoms with van der Waals surface area (Å²) in [6.07, 6.45) is 3.16. The number of rotatable bonds is 3. The van der Waals surface area contributed by atoms with Gasteiger partial charge in [-0.2, -0.15) is 0 Å². The van der Waals surface area contributed by atoms with Crippen LogP contribution in [-0.2, 0) is 0 Å². The molecular weight excluding hydrogens is 222 g/mol. The summed E-state index contributed by atoms with van der Waals surface area (Å²) in [7, 11) is 0. The zero-order valence-corrected chi connectivity index (χ0v) is 9.26. The highest BCUT2D eigenvalue weighted by Gasteiger charge is 2.18. The number of benzene rings is 1. The number of carbonyl (C=O) groups excluding carboxylic acids is 1. The number of hydrogen-bond acceptors (Lipinski definition) is 2. The van der Waals surface area contributed by atoms with Gasteiger partial charge in [0.2, 0.25) is 0 Å². The maximum atomic E-state index is 12.0. The average Bonchev–Trinajstić information content (AvgIpc) is 2.39. The Hall–Kier alpha value is -1.67. The lowest BCUT2D eigenvalue weighted by atomic mass is 10.0. The number of alkyl halides is 1. The Morgan fingerprint density at radius 1 is 1.12 bits per heavy atom. The molecule has 1 unspecified atom stereocenters. The lowest BCUT2D eigenvalue weighted by Crippen LogP contribution is -2.07. The Morgan fingerprint density at radius 2 is 1.88 bits per heavy atom. The average molecular weight is 232 g/mol. The van der Waals surface area contributed by atoms with Crippen molar-refractivity contribution >= 4 is 17.4 Å². The molecule has 2 rings (SSSR count). The minimum atomic E-state index is -0.648. The number of carbonyl (C=O) groups is 1. The van der Waals surface area contributed by atoms with Crippen LogP contribution in [0.25, 0.3) is 0 Å². The van der Waals surface area contributed by atoms with E-state index < -0.39 is 5.38 Å². The van der Waals surface area contributed by atoms with Crippen molar-refractivity contribution in [1.82, 2.24) is 4.98 Å². The van der Waals surface area contributed by atoms with Crippen molar-refractivity contribution < 1.29 is 4.79 Å². The summed E-state index contributed by atoms with van der Waals surface area (Å²) in [5.41, 5.74) is 1.34. The smallest absolute Gasteiger partial charge is 0.186 e. The largest absolute Gasteiger partial charge is 0.292 e. The van der Waals surface area contributed by atoms with E-state index in [0.29, 0.717) is 5.56 Å². The lowest BCUT2D eigenvalue weighted by molar-refractivity contribution is 0.0987. The minimum Gasteiger partial charge on any atom is -0.292 e. The first kappa shape index (κ1) is 10.8. The van der Waals surface area contributed by atoms with E-state index in [1.54, 1.807) is 18.3 Å². The molecule has 1 aromatic heterocycles. The molecule has 0 aliphatic heterocycles. The third kappa shape index (κ3) is 2.28. The highest BCUT2D eigenvalue weighted by atomic mass is 35.5. The summed E-state index contributed by atoms with van der Waals surface area (Å²) < 4.78 is 0. The van der Waals surface area contributed by atoms with Gasteiger partial charge in [-0.05, 0) is 17.7 Å². The van der Waals surface area contributed by atoms with Crippen LogP contribution in [0.3, 0.4) is 0 Å². The molecule has 2 aromatic rings. The molecule has 0 radical (unpaired) electrons. The van der Waals surface area contributed by atoms with Crippen LogP contribution in [0.15, 0.2) is 54.9 Å². The predicted molar refractivity (Wildman–Crippen MR) is 63.6 cm³/mol. The fourth-order valence-electron chi connectivity index (χ4n) is 1.43. The number of pyridine rings is 1. The molecule has 0 aliphatic rings. The fourth-order valence-corrected chi connectivity index (χ4v) is 1.70. The molecule has 1 atom stereocenters. The number of aromatic nitrogens is 1. The van der Waals surface area contributed by atoms with Crippen LogP contribution >= 0.6 is 11.6 Å². The molecule has 0 spiro atoms. The van der Waals surface area contributed by atoms with E-state index in [1.807, 2.05) is 30.3 Å². The molecule has 0 saturated heterocycles. The Labute approximate surface area is 98.9 Å². The number of Topliss-reactive ketones (excluding diaryl/α,β-unsaturated/α-hetero) is 1. The second kappa shape index (κ2) is 4.90. The predicted octanol–water partition coefficient (Wildman–Crippen LogP) is 3.24. The fraction of sp³-hybridized carbons (Fsp3) is 0.0769. The summed E-state index contributed by atoms with van der Waals surface area (Å²) in [6, 6.07) is 12.7. The molecular formula is C13H10ClNO. The van der Waals surface area contributed by atoms with Crippen molar-refractivity contribution in [2.75, 3.05) is 0 Å². The first-order valence-corrected chi connectivity index (χ1v) is 5.36. The van der Waals surface area contributed by atoms with E-state index in [9.17, 15) is 4.79 Å². The normalized spacial score (nSPS) is 12.1. The summed E-state index contributed by atoms with van der Waals surface area (Å²) in [4.78, 5) is 15.9. The van der Waals surface area contributed by atoms with Crippen molar-refractivity contribution in [2.45, 2.75) is 5.38 Å². The zero-order chi connectivity index (χ0) is 11.4. The molecule has 16 heavy (non-hydrogen) atoms. The monoisotopic (exact) mass is 231 g/mol. The first-order valence-electron chi connectivity index (χ1n) is 4.92. The van der Waals surface area contributed by atoms with E-state index in [-0.39, 0.29) is 5.78 Å². The van der Waals surface area contributed by atoms with Gasteiger partial charge in [0, 0.05) is 18.0 Å². The van der Waals surface area contributed by atoms with E-state index >= 15 is 0 Å². The van der Waals surface area contributed by atoms with Gasteiger partial charge in [0.25, 0.3) is 0 Å². The summed E-state index contributed by atoms with van der Waals surface area (Å²) >= 11 is 6.11. The van der Waals surface area contributed by atoms with Crippen molar-refractivity contribution in [2.24, 2.45) is 0 Å². The van der Waals surface area contributed by atoms with E-state index in [2.05, 4.69) is 4.98 Å². The third-order valence-electron chi connectivity index (χ3n) is 2.27. The zero-order valence-electron chi connectivity index (χ0n) is 8.51. The van der Waals surface area contributed by atoms with E-state index in [0.717, 1.165) is 5.56 Å². The van der Waals surface area contributed by atoms with Crippen molar-refractivity contribution in [3.63, 3.8) is 0 Å². The van der Waals surface area contributed by atoms with Crippen LogP contribution in [0.1, 0.15) is 21.3 Å². The van der Waals surface area contributed by atoms with E-state index in [4.69, 9.17) is 11.6 Å². The van der Waals surface area contributed by atoms with Gasteiger partial charge >= 0.3 is 0 Å². The molecule has 0 N–H and O–H groups in total. The van der Waals surface area contributed by atoms with Gasteiger partial charge in [0.1, 0.15) is 5.38 Å². The molecule has 0 saturated carbocycles. The standard InChI is InChI=1S/C13H10ClNO/c14-12(10-5-2-1-3-6-10)13(16)11-7-4-8-15-9-11/h1-9,12H. The van der Waals surface area contributed by atoms with Gasteiger partial charge in [0.15, 0.2) is 5.78 Å². The summed E-state index contributed by atoms with van der Waals surface area (Å²) in [6.45, 7) is 0.